The zero-order valence-electron chi connectivity index (χ0n) is 9.64. The van der Waals surface area contributed by atoms with Gasteiger partial charge in [-0.15, -0.1) is 11.3 Å². The Labute approximate surface area is 107 Å². The van der Waals surface area contributed by atoms with Gasteiger partial charge in [-0.25, -0.2) is 9.18 Å². The number of nitrogens with zero attached hydrogens (tertiary/aromatic N) is 1. The summed E-state index contributed by atoms with van der Waals surface area (Å²) in [4.78, 5) is 15.7. The zero-order chi connectivity index (χ0) is 13.1. The lowest BCUT2D eigenvalue weighted by Crippen LogP contribution is -2.07. The van der Waals surface area contributed by atoms with Gasteiger partial charge < -0.3 is 10.5 Å². The van der Waals surface area contributed by atoms with Crippen LogP contribution in [0.3, 0.4) is 0 Å². The van der Waals surface area contributed by atoms with Crippen LogP contribution in [0.2, 0.25) is 0 Å². The number of pyridine rings is 1. The Hall–Kier alpha value is -1.95. The molecule has 2 heterocycles. The van der Waals surface area contributed by atoms with Crippen LogP contribution in [-0.4, -0.2) is 17.6 Å². The SMILES string of the molecule is CCOC(=O)c1c(-c2ccc(F)cn2)csc1N. The van der Waals surface area contributed by atoms with Gasteiger partial charge >= 0.3 is 5.97 Å². The predicted octanol–water partition coefficient (Wildman–Crippen LogP) is 2.71. The van der Waals surface area contributed by atoms with Crippen LogP contribution < -0.4 is 5.73 Å². The molecule has 0 spiro atoms. The zero-order valence-corrected chi connectivity index (χ0v) is 10.5. The predicted molar refractivity (Wildman–Crippen MR) is 67.9 cm³/mol. The molecule has 18 heavy (non-hydrogen) atoms. The first kappa shape index (κ1) is 12.5. The molecule has 0 radical (unpaired) electrons. The van der Waals surface area contributed by atoms with Gasteiger partial charge in [-0.3, -0.25) is 4.98 Å². The number of anilines is 1. The molecule has 0 aliphatic rings. The maximum atomic E-state index is 12.8. The molecular weight excluding hydrogens is 255 g/mol. The normalized spacial score (nSPS) is 10.3. The summed E-state index contributed by atoms with van der Waals surface area (Å²) < 4.78 is 17.8. The van der Waals surface area contributed by atoms with E-state index in [-0.39, 0.29) is 6.61 Å². The van der Waals surface area contributed by atoms with Crippen LogP contribution in [-0.2, 0) is 4.74 Å². The average molecular weight is 266 g/mol. The van der Waals surface area contributed by atoms with Crippen molar-refractivity contribution >= 4 is 22.3 Å². The lowest BCUT2D eigenvalue weighted by Gasteiger charge is -2.04. The van der Waals surface area contributed by atoms with Crippen LogP contribution in [0.1, 0.15) is 17.3 Å². The number of esters is 1. The number of hydrogen-bond donors (Lipinski definition) is 1. The number of nitrogen functional groups attached to an aromatic ring is 1. The fourth-order valence-electron chi connectivity index (χ4n) is 1.51. The van der Waals surface area contributed by atoms with Gasteiger partial charge in [-0.05, 0) is 19.1 Å². The molecule has 4 nitrogen and oxygen atoms in total. The van der Waals surface area contributed by atoms with Gasteiger partial charge in [-0.2, -0.15) is 0 Å². The number of rotatable bonds is 3. The minimum atomic E-state index is -0.489. The summed E-state index contributed by atoms with van der Waals surface area (Å²) in [5.74, 6) is -0.919. The van der Waals surface area contributed by atoms with E-state index < -0.39 is 11.8 Å². The van der Waals surface area contributed by atoms with Crippen LogP contribution in [0, 0.1) is 5.82 Å². The summed E-state index contributed by atoms with van der Waals surface area (Å²) in [6.45, 7) is 1.99. The highest BCUT2D eigenvalue weighted by molar-refractivity contribution is 7.14. The standard InChI is InChI=1S/C12H11FN2O2S/c1-2-17-12(16)10-8(6-18-11(10)14)9-4-3-7(13)5-15-9/h3-6H,2,14H2,1H3. The molecule has 0 fully saturated rings. The summed E-state index contributed by atoms with van der Waals surface area (Å²) in [5.41, 5.74) is 7.11. The topological polar surface area (TPSA) is 65.2 Å². The minimum absolute atomic E-state index is 0.268. The molecule has 0 aliphatic heterocycles. The molecule has 0 aliphatic carbocycles. The first-order chi connectivity index (χ1) is 8.63. The highest BCUT2D eigenvalue weighted by atomic mass is 32.1. The maximum absolute atomic E-state index is 12.8. The van der Waals surface area contributed by atoms with Gasteiger partial charge in [0.05, 0.1) is 18.5 Å². The van der Waals surface area contributed by atoms with Gasteiger partial charge in [0.25, 0.3) is 0 Å². The third-order valence-electron chi connectivity index (χ3n) is 2.30. The van der Waals surface area contributed by atoms with Crippen molar-refractivity contribution in [3.8, 4) is 11.3 Å². The number of hydrogen-bond acceptors (Lipinski definition) is 5. The maximum Gasteiger partial charge on any atom is 0.341 e. The van der Waals surface area contributed by atoms with Crippen molar-refractivity contribution in [2.24, 2.45) is 0 Å². The molecule has 0 unspecified atom stereocenters. The molecule has 2 N–H and O–H groups in total. The largest absolute Gasteiger partial charge is 0.462 e. The highest BCUT2D eigenvalue weighted by Gasteiger charge is 2.20. The van der Waals surface area contributed by atoms with Gasteiger partial charge in [0.1, 0.15) is 16.4 Å². The Bertz CT molecular complexity index is 566. The quantitative estimate of drug-likeness (QED) is 0.867. The molecular formula is C12H11FN2O2S. The second-order valence-corrected chi connectivity index (χ2v) is 4.38. The van der Waals surface area contributed by atoms with Crippen molar-refractivity contribution in [2.75, 3.05) is 12.3 Å². The summed E-state index contributed by atoms with van der Waals surface area (Å²) in [6.07, 6.45) is 1.10. The van der Waals surface area contributed by atoms with Crippen molar-refractivity contribution in [1.82, 2.24) is 4.98 Å². The van der Waals surface area contributed by atoms with Gasteiger partial charge in [-0.1, -0.05) is 0 Å². The monoisotopic (exact) mass is 266 g/mol. The number of halogens is 1. The fraction of sp³-hybridized carbons (Fsp3) is 0.167. The minimum Gasteiger partial charge on any atom is -0.462 e. The van der Waals surface area contributed by atoms with E-state index in [4.69, 9.17) is 10.5 Å². The molecule has 0 saturated carbocycles. The third-order valence-corrected chi connectivity index (χ3v) is 3.11. The number of thiophene rings is 1. The highest BCUT2D eigenvalue weighted by Crippen LogP contribution is 2.33. The summed E-state index contributed by atoms with van der Waals surface area (Å²) in [6, 6.07) is 2.78. The van der Waals surface area contributed by atoms with Gasteiger partial charge in [0.15, 0.2) is 0 Å². The average Bonchev–Trinajstić information content (AvgIpc) is 2.72. The summed E-state index contributed by atoms with van der Waals surface area (Å²) >= 11 is 1.23. The molecule has 2 aromatic rings. The summed E-state index contributed by atoms with van der Waals surface area (Å²) in [5, 5.41) is 2.08. The summed E-state index contributed by atoms with van der Waals surface area (Å²) in [7, 11) is 0. The first-order valence-corrected chi connectivity index (χ1v) is 6.17. The Kier molecular flexibility index (Phi) is 3.57. The first-order valence-electron chi connectivity index (χ1n) is 5.29. The van der Waals surface area contributed by atoms with E-state index in [9.17, 15) is 9.18 Å². The molecule has 0 bridgehead atoms. The van der Waals surface area contributed by atoms with Crippen LogP contribution >= 0.6 is 11.3 Å². The molecule has 0 saturated heterocycles. The lowest BCUT2D eigenvalue weighted by atomic mass is 10.1. The van der Waals surface area contributed by atoms with Crippen molar-refractivity contribution in [3.63, 3.8) is 0 Å². The molecule has 6 heteroatoms. The molecule has 2 rings (SSSR count). The van der Waals surface area contributed by atoms with Crippen molar-refractivity contribution in [2.45, 2.75) is 6.92 Å². The van der Waals surface area contributed by atoms with Crippen LogP contribution in [0.15, 0.2) is 23.7 Å². The van der Waals surface area contributed by atoms with E-state index in [1.165, 1.54) is 23.5 Å². The van der Waals surface area contributed by atoms with E-state index >= 15 is 0 Å². The number of ether oxygens (including phenoxy) is 1. The number of aromatic nitrogens is 1. The third kappa shape index (κ3) is 2.33. The van der Waals surface area contributed by atoms with Crippen LogP contribution in [0.25, 0.3) is 11.3 Å². The number of nitrogens with two attached hydrogens (primary N) is 1. The Morgan fingerprint density at radius 3 is 2.94 bits per heavy atom. The molecule has 0 aromatic carbocycles. The Morgan fingerprint density at radius 2 is 2.33 bits per heavy atom. The molecule has 94 valence electrons. The lowest BCUT2D eigenvalue weighted by molar-refractivity contribution is 0.0529. The smallest absolute Gasteiger partial charge is 0.341 e. The van der Waals surface area contributed by atoms with E-state index in [0.717, 1.165) is 6.20 Å². The van der Waals surface area contributed by atoms with E-state index in [1.807, 2.05) is 0 Å². The van der Waals surface area contributed by atoms with Crippen LogP contribution in [0.4, 0.5) is 9.39 Å². The second-order valence-electron chi connectivity index (χ2n) is 3.47. The second kappa shape index (κ2) is 5.14. The van der Waals surface area contributed by atoms with E-state index in [0.29, 0.717) is 21.8 Å². The van der Waals surface area contributed by atoms with Gasteiger partial charge in [0.2, 0.25) is 0 Å². The van der Waals surface area contributed by atoms with E-state index in [2.05, 4.69) is 4.98 Å². The molecule has 0 amide bonds. The Balaban J connectivity index is 2.45. The van der Waals surface area contributed by atoms with Crippen molar-refractivity contribution in [1.29, 1.82) is 0 Å². The fourth-order valence-corrected chi connectivity index (χ4v) is 2.30. The van der Waals surface area contributed by atoms with E-state index in [1.54, 1.807) is 12.3 Å². The van der Waals surface area contributed by atoms with Gasteiger partial charge in [0, 0.05) is 10.9 Å². The van der Waals surface area contributed by atoms with Crippen molar-refractivity contribution in [3.05, 3.63) is 35.1 Å². The number of carbonyl (C=O) groups is 1. The molecule has 0 atom stereocenters. The van der Waals surface area contributed by atoms with Crippen LogP contribution in [0.5, 0.6) is 0 Å². The Morgan fingerprint density at radius 1 is 1.56 bits per heavy atom. The number of carbonyl (C=O) groups excluding carboxylic acids is 1. The molecule has 2 aromatic heterocycles. The van der Waals surface area contributed by atoms with Crippen molar-refractivity contribution < 1.29 is 13.9 Å².